The van der Waals surface area contributed by atoms with E-state index >= 15 is 0 Å². The molecule has 0 aliphatic heterocycles. The molecular formula is C13H12ClN3O2. The highest BCUT2D eigenvalue weighted by Gasteiger charge is 2.19. The molecule has 0 saturated heterocycles. The summed E-state index contributed by atoms with van der Waals surface area (Å²) in [4.78, 5) is 18.5. The normalized spacial score (nSPS) is 10.4. The number of pyridine rings is 2. The lowest BCUT2D eigenvalue weighted by Crippen LogP contribution is -1.99. The molecule has 0 saturated carbocycles. The summed E-state index contributed by atoms with van der Waals surface area (Å²) in [5, 5.41) is 10.9. The molecule has 0 amide bonds. The SMILES string of the molecule is CCCc1nc(Cl)c([N+](=O)[O-])cc1-c1ccncc1. The van der Waals surface area contributed by atoms with Gasteiger partial charge >= 0.3 is 5.69 Å². The summed E-state index contributed by atoms with van der Waals surface area (Å²) in [7, 11) is 0. The van der Waals surface area contributed by atoms with Gasteiger partial charge in [-0.25, -0.2) is 4.98 Å². The summed E-state index contributed by atoms with van der Waals surface area (Å²) in [6, 6.07) is 5.08. The molecule has 19 heavy (non-hydrogen) atoms. The lowest BCUT2D eigenvalue weighted by Gasteiger charge is -2.08. The van der Waals surface area contributed by atoms with Crippen molar-refractivity contribution in [2.75, 3.05) is 0 Å². The quantitative estimate of drug-likeness (QED) is 0.486. The number of hydrogen-bond acceptors (Lipinski definition) is 4. The summed E-state index contributed by atoms with van der Waals surface area (Å²) in [5.41, 5.74) is 2.18. The largest absolute Gasteiger partial charge is 0.307 e. The first-order chi connectivity index (χ1) is 9.13. The van der Waals surface area contributed by atoms with Gasteiger partial charge < -0.3 is 0 Å². The van der Waals surface area contributed by atoms with Crippen LogP contribution in [0.1, 0.15) is 19.0 Å². The molecule has 6 heteroatoms. The first kappa shape index (κ1) is 13.4. The molecule has 0 radical (unpaired) electrons. The summed E-state index contributed by atoms with van der Waals surface area (Å²) in [6.45, 7) is 2.02. The van der Waals surface area contributed by atoms with Crippen molar-refractivity contribution in [2.45, 2.75) is 19.8 Å². The van der Waals surface area contributed by atoms with Gasteiger partial charge in [0.15, 0.2) is 0 Å². The third-order valence-electron chi connectivity index (χ3n) is 2.71. The van der Waals surface area contributed by atoms with Crippen molar-refractivity contribution in [2.24, 2.45) is 0 Å². The predicted octanol–water partition coefficient (Wildman–Crippen LogP) is 3.66. The number of nitro groups is 1. The second-order valence-corrected chi connectivity index (χ2v) is 4.39. The lowest BCUT2D eigenvalue weighted by atomic mass is 10.0. The number of hydrogen-bond donors (Lipinski definition) is 0. The minimum absolute atomic E-state index is 0.0637. The smallest absolute Gasteiger partial charge is 0.265 e. The first-order valence-corrected chi connectivity index (χ1v) is 6.25. The van der Waals surface area contributed by atoms with Crippen LogP contribution in [0.15, 0.2) is 30.6 Å². The Kier molecular flexibility index (Phi) is 4.06. The van der Waals surface area contributed by atoms with Gasteiger partial charge in [-0.05, 0) is 24.1 Å². The number of nitrogens with zero attached hydrogens (tertiary/aromatic N) is 3. The fourth-order valence-corrected chi connectivity index (χ4v) is 2.08. The summed E-state index contributed by atoms with van der Waals surface area (Å²) < 4.78 is 0. The molecule has 5 nitrogen and oxygen atoms in total. The van der Waals surface area contributed by atoms with Crippen LogP contribution in [0.25, 0.3) is 11.1 Å². The molecule has 0 spiro atoms. The van der Waals surface area contributed by atoms with Crippen molar-refractivity contribution >= 4 is 17.3 Å². The third kappa shape index (κ3) is 2.88. The van der Waals surface area contributed by atoms with E-state index in [1.54, 1.807) is 24.5 Å². The molecule has 0 aromatic carbocycles. The van der Waals surface area contributed by atoms with E-state index in [2.05, 4.69) is 9.97 Å². The number of aryl methyl sites for hydroxylation is 1. The Morgan fingerprint density at radius 3 is 2.63 bits per heavy atom. The number of halogens is 1. The summed E-state index contributed by atoms with van der Waals surface area (Å²) >= 11 is 5.85. The highest BCUT2D eigenvalue weighted by atomic mass is 35.5. The standard InChI is InChI=1S/C13H12ClN3O2/c1-2-3-11-10(9-4-6-15-7-5-9)8-12(17(18)19)13(14)16-11/h4-8H,2-3H2,1H3. The molecule has 0 aliphatic carbocycles. The Balaban J connectivity index is 2.62. The van der Waals surface area contributed by atoms with Crippen molar-refractivity contribution < 1.29 is 4.92 Å². The van der Waals surface area contributed by atoms with Gasteiger partial charge in [0.1, 0.15) is 0 Å². The van der Waals surface area contributed by atoms with Crippen molar-refractivity contribution in [3.05, 3.63) is 51.6 Å². The highest BCUT2D eigenvalue weighted by molar-refractivity contribution is 6.31. The second-order valence-electron chi connectivity index (χ2n) is 4.04. The molecule has 0 atom stereocenters. The number of rotatable bonds is 4. The summed E-state index contributed by atoms with van der Waals surface area (Å²) in [6.07, 6.45) is 4.89. The minimum Gasteiger partial charge on any atom is -0.265 e. The zero-order valence-electron chi connectivity index (χ0n) is 10.3. The Bertz CT molecular complexity index is 602. The van der Waals surface area contributed by atoms with Crippen LogP contribution >= 0.6 is 11.6 Å². The van der Waals surface area contributed by atoms with E-state index in [-0.39, 0.29) is 10.8 Å². The number of aromatic nitrogens is 2. The zero-order chi connectivity index (χ0) is 13.8. The average Bonchev–Trinajstić information content (AvgIpc) is 2.40. The first-order valence-electron chi connectivity index (χ1n) is 5.87. The third-order valence-corrected chi connectivity index (χ3v) is 2.99. The average molecular weight is 278 g/mol. The molecule has 2 aromatic heterocycles. The van der Waals surface area contributed by atoms with Crippen molar-refractivity contribution in [3.63, 3.8) is 0 Å². The van der Waals surface area contributed by atoms with E-state index in [4.69, 9.17) is 11.6 Å². The summed E-state index contributed by atoms with van der Waals surface area (Å²) in [5.74, 6) is 0. The van der Waals surface area contributed by atoms with Crippen LogP contribution < -0.4 is 0 Å². The maximum Gasteiger partial charge on any atom is 0.307 e. The topological polar surface area (TPSA) is 68.9 Å². The van der Waals surface area contributed by atoms with Gasteiger partial charge in [-0.3, -0.25) is 15.1 Å². The van der Waals surface area contributed by atoms with Crippen LogP contribution in [0, 0.1) is 10.1 Å². The van der Waals surface area contributed by atoms with Crippen LogP contribution in [0.3, 0.4) is 0 Å². The second kappa shape index (κ2) is 5.75. The van der Waals surface area contributed by atoms with Gasteiger partial charge in [0.25, 0.3) is 0 Å². The molecule has 0 fully saturated rings. The highest BCUT2D eigenvalue weighted by Crippen LogP contribution is 2.31. The van der Waals surface area contributed by atoms with Crippen LogP contribution in [-0.4, -0.2) is 14.9 Å². The minimum atomic E-state index is -0.518. The monoisotopic (exact) mass is 277 g/mol. The fourth-order valence-electron chi connectivity index (χ4n) is 1.85. The van der Waals surface area contributed by atoms with Gasteiger partial charge in [0.05, 0.1) is 10.6 Å². The molecule has 2 rings (SSSR count). The van der Waals surface area contributed by atoms with E-state index in [1.165, 1.54) is 6.07 Å². The molecule has 2 aromatic rings. The van der Waals surface area contributed by atoms with Crippen LogP contribution in [0.5, 0.6) is 0 Å². The van der Waals surface area contributed by atoms with Gasteiger partial charge in [-0.15, -0.1) is 0 Å². The molecule has 0 unspecified atom stereocenters. The van der Waals surface area contributed by atoms with Crippen LogP contribution in [0.4, 0.5) is 5.69 Å². The lowest BCUT2D eigenvalue weighted by molar-refractivity contribution is -0.385. The van der Waals surface area contributed by atoms with E-state index in [0.717, 1.165) is 29.7 Å². The molecule has 0 bridgehead atoms. The zero-order valence-corrected chi connectivity index (χ0v) is 11.1. The van der Waals surface area contributed by atoms with Crippen molar-refractivity contribution in [1.29, 1.82) is 0 Å². The molecular weight excluding hydrogens is 266 g/mol. The van der Waals surface area contributed by atoms with Gasteiger partial charge in [0, 0.05) is 24.0 Å². The predicted molar refractivity (Wildman–Crippen MR) is 73.1 cm³/mol. The molecule has 2 heterocycles. The van der Waals surface area contributed by atoms with Crippen molar-refractivity contribution in [3.8, 4) is 11.1 Å². The maximum atomic E-state index is 10.9. The molecule has 0 N–H and O–H groups in total. The van der Waals surface area contributed by atoms with Gasteiger partial charge in [-0.1, -0.05) is 24.9 Å². The van der Waals surface area contributed by atoms with E-state index < -0.39 is 4.92 Å². The Hall–Kier alpha value is -2.01. The Labute approximate surface area is 115 Å². The Morgan fingerprint density at radius 1 is 1.37 bits per heavy atom. The molecule has 98 valence electrons. The van der Waals surface area contributed by atoms with Crippen LogP contribution in [0.2, 0.25) is 5.15 Å². The maximum absolute atomic E-state index is 10.9. The van der Waals surface area contributed by atoms with Gasteiger partial charge in [0.2, 0.25) is 5.15 Å². The van der Waals surface area contributed by atoms with Crippen molar-refractivity contribution in [1.82, 2.24) is 9.97 Å². The van der Waals surface area contributed by atoms with E-state index in [0.29, 0.717) is 0 Å². The van der Waals surface area contributed by atoms with E-state index in [1.807, 2.05) is 6.92 Å². The molecule has 0 aliphatic rings. The fraction of sp³-hybridized carbons (Fsp3) is 0.231. The van der Waals surface area contributed by atoms with Crippen LogP contribution in [-0.2, 0) is 6.42 Å². The van der Waals surface area contributed by atoms with Gasteiger partial charge in [-0.2, -0.15) is 0 Å². The Morgan fingerprint density at radius 2 is 2.05 bits per heavy atom. The van der Waals surface area contributed by atoms with E-state index in [9.17, 15) is 10.1 Å².